The predicted octanol–water partition coefficient (Wildman–Crippen LogP) is 2.51. The van der Waals surface area contributed by atoms with Crippen LogP contribution >= 0.6 is 0 Å². The van der Waals surface area contributed by atoms with E-state index in [0.717, 1.165) is 5.56 Å². The highest BCUT2D eigenvalue weighted by molar-refractivity contribution is 5.79. The Balaban J connectivity index is 1.39. The predicted molar refractivity (Wildman–Crippen MR) is 99.8 cm³/mol. The lowest BCUT2D eigenvalue weighted by molar-refractivity contribution is -0.140. The Morgan fingerprint density at radius 1 is 0.852 bits per heavy atom. The molecule has 1 aliphatic heterocycles. The van der Waals surface area contributed by atoms with Crippen LogP contribution in [0.5, 0.6) is 5.75 Å². The van der Waals surface area contributed by atoms with E-state index in [1.165, 1.54) is 12.1 Å². The first kappa shape index (κ1) is 18.9. The van der Waals surface area contributed by atoms with E-state index >= 15 is 0 Å². The van der Waals surface area contributed by atoms with Gasteiger partial charge in [0.05, 0.1) is 0 Å². The number of halogens is 1. The van der Waals surface area contributed by atoms with Gasteiger partial charge in [0.15, 0.2) is 6.61 Å². The number of rotatable bonds is 6. The van der Waals surface area contributed by atoms with Gasteiger partial charge in [0.1, 0.15) is 11.6 Å². The molecule has 1 saturated heterocycles. The van der Waals surface area contributed by atoms with Crippen LogP contribution in [-0.2, 0) is 16.0 Å². The van der Waals surface area contributed by atoms with Crippen molar-refractivity contribution in [3.05, 3.63) is 66.0 Å². The number of carbonyl (C=O) groups is 2. The van der Waals surface area contributed by atoms with E-state index in [2.05, 4.69) is 0 Å². The summed E-state index contributed by atoms with van der Waals surface area (Å²) in [5, 5.41) is 0. The molecule has 27 heavy (non-hydrogen) atoms. The van der Waals surface area contributed by atoms with E-state index in [4.69, 9.17) is 4.74 Å². The fourth-order valence-corrected chi connectivity index (χ4v) is 3.02. The average molecular weight is 370 g/mol. The van der Waals surface area contributed by atoms with Crippen LogP contribution in [0.3, 0.4) is 0 Å². The van der Waals surface area contributed by atoms with Gasteiger partial charge in [-0.05, 0) is 36.2 Å². The molecular formula is C21H23FN2O3. The smallest absolute Gasteiger partial charge is 0.260 e. The minimum atomic E-state index is -0.276. The van der Waals surface area contributed by atoms with E-state index in [-0.39, 0.29) is 24.2 Å². The first-order valence-corrected chi connectivity index (χ1v) is 9.09. The van der Waals surface area contributed by atoms with E-state index in [1.54, 1.807) is 21.9 Å². The summed E-state index contributed by atoms with van der Waals surface area (Å²) < 4.78 is 18.4. The SMILES string of the molecule is O=C(CCc1ccc(F)cc1)N1CCN(C(=O)COc2ccccc2)CC1. The van der Waals surface area contributed by atoms with E-state index < -0.39 is 0 Å². The Bertz CT molecular complexity index is 757. The van der Waals surface area contributed by atoms with Crippen LogP contribution in [0.2, 0.25) is 0 Å². The molecule has 0 N–H and O–H groups in total. The Labute approximate surface area is 158 Å². The minimum absolute atomic E-state index is 0.00251. The van der Waals surface area contributed by atoms with Gasteiger partial charge in [0.25, 0.3) is 5.91 Å². The molecule has 0 radical (unpaired) electrons. The Hall–Kier alpha value is -2.89. The normalized spacial score (nSPS) is 14.1. The summed E-state index contributed by atoms with van der Waals surface area (Å²) in [5.41, 5.74) is 0.941. The number of piperazine rings is 1. The van der Waals surface area contributed by atoms with E-state index in [9.17, 15) is 14.0 Å². The first-order valence-electron chi connectivity index (χ1n) is 9.09. The van der Waals surface area contributed by atoms with Gasteiger partial charge >= 0.3 is 0 Å². The molecule has 1 heterocycles. The van der Waals surface area contributed by atoms with Crippen molar-refractivity contribution in [2.45, 2.75) is 12.8 Å². The number of para-hydroxylation sites is 1. The summed E-state index contributed by atoms with van der Waals surface area (Å²) in [6.07, 6.45) is 0.972. The highest BCUT2D eigenvalue weighted by Gasteiger charge is 2.24. The minimum Gasteiger partial charge on any atom is -0.484 e. The second kappa shape index (κ2) is 9.16. The van der Waals surface area contributed by atoms with Crippen molar-refractivity contribution in [2.75, 3.05) is 32.8 Å². The highest BCUT2D eigenvalue weighted by Crippen LogP contribution is 2.11. The number of carbonyl (C=O) groups excluding carboxylic acids is 2. The van der Waals surface area contributed by atoms with Crippen LogP contribution in [0.4, 0.5) is 4.39 Å². The molecule has 0 bridgehead atoms. The Kier molecular flexibility index (Phi) is 6.41. The zero-order valence-electron chi connectivity index (χ0n) is 15.1. The summed E-state index contributed by atoms with van der Waals surface area (Å²) in [4.78, 5) is 28.1. The Morgan fingerprint density at radius 3 is 2.07 bits per heavy atom. The second-order valence-electron chi connectivity index (χ2n) is 6.49. The zero-order valence-corrected chi connectivity index (χ0v) is 15.1. The Morgan fingerprint density at radius 2 is 1.44 bits per heavy atom. The number of benzene rings is 2. The van der Waals surface area contributed by atoms with Crippen molar-refractivity contribution in [2.24, 2.45) is 0 Å². The van der Waals surface area contributed by atoms with Crippen LogP contribution < -0.4 is 4.74 Å². The lowest BCUT2D eigenvalue weighted by Crippen LogP contribution is -2.51. The second-order valence-corrected chi connectivity index (χ2v) is 6.49. The largest absolute Gasteiger partial charge is 0.484 e. The van der Waals surface area contributed by atoms with Gasteiger partial charge in [-0.15, -0.1) is 0 Å². The maximum absolute atomic E-state index is 12.9. The number of hydrogen-bond acceptors (Lipinski definition) is 3. The molecule has 0 unspecified atom stereocenters. The quantitative estimate of drug-likeness (QED) is 0.785. The standard InChI is InChI=1S/C21H23FN2O3/c22-18-9-6-17(7-10-18)8-11-20(25)23-12-14-24(15-13-23)21(26)16-27-19-4-2-1-3-5-19/h1-7,9-10H,8,11-16H2. The molecule has 6 heteroatoms. The van der Waals surface area contributed by atoms with Gasteiger partial charge in [0.2, 0.25) is 5.91 Å². The van der Waals surface area contributed by atoms with Crippen LogP contribution in [0.1, 0.15) is 12.0 Å². The average Bonchev–Trinajstić information content (AvgIpc) is 2.72. The maximum Gasteiger partial charge on any atom is 0.260 e. The van der Waals surface area contributed by atoms with Gasteiger partial charge in [0, 0.05) is 32.6 Å². The fraction of sp³-hybridized carbons (Fsp3) is 0.333. The lowest BCUT2D eigenvalue weighted by atomic mass is 10.1. The number of nitrogens with zero attached hydrogens (tertiary/aromatic N) is 2. The van der Waals surface area contributed by atoms with Crippen molar-refractivity contribution in [1.82, 2.24) is 9.80 Å². The van der Waals surface area contributed by atoms with Crippen molar-refractivity contribution in [1.29, 1.82) is 0 Å². The van der Waals surface area contributed by atoms with Gasteiger partial charge in [-0.1, -0.05) is 30.3 Å². The van der Waals surface area contributed by atoms with Crippen LogP contribution in [0, 0.1) is 5.82 Å². The first-order chi connectivity index (χ1) is 13.1. The molecule has 2 aromatic carbocycles. The third kappa shape index (κ3) is 5.54. The fourth-order valence-electron chi connectivity index (χ4n) is 3.02. The molecule has 0 aromatic heterocycles. The van der Waals surface area contributed by atoms with Gasteiger partial charge < -0.3 is 14.5 Å². The molecule has 3 rings (SSSR count). The number of aryl methyl sites for hydroxylation is 1. The molecule has 0 atom stereocenters. The van der Waals surface area contributed by atoms with E-state index in [1.807, 2.05) is 30.3 Å². The summed E-state index contributed by atoms with van der Waals surface area (Å²) in [7, 11) is 0. The molecule has 5 nitrogen and oxygen atoms in total. The molecule has 142 valence electrons. The molecule has 0 spiro atoms. The van der Waals surface area contributed by atoms with Crippen LogP contribution in [0.25, 0.3) is 0 Å². The maximum atomic E-state index is 12.9. The topological polar surface area (TPSA) is 49.9 Å². The molecule has 1 fully saturated rings. The van der Waals surface area contributed by atoms with Crippen molar-refractivity contribution in [3.8, 4) is 5.75 Å². The molecule has 0 aliphatic carbocycles. The van der Waals surface area contributed by atoms with Crippen molar-refractivity contribution < 1.29 is 18.7 Å². The third-order valence-corrected chi connectivity index (χ3v) is 4.63. The molecule has 2 aromatic rings. The van der Waals surface area contributed by atoms with Crippen molar-refractivity contribution >= 4 is 11.8 Å². The monoisotopic (exact) mass is 370 g/mol. The van der Waals surface area contributed by atoms with Crippen LogP contribution in [0.15, 0.2) is 54.6 Å². The molecular weight excluding hydrogens is 347 g/mol. The van der Waals surface area contributed by atoms with Gasteiger partial charge in [-0.25, -0.2) is 4.39 Å². The lowest BCUT2D eigenvalue weighted by Gasteiger charge is -2.34. The summed E-state index contributed by atoms with van der Waals surface area (Å²) >= 11 is 0. The highest BCUT2D eigenvalue weighted by atomic mass is 19.1. The molecule has 2 amide bonds. The number of ether oxygens (including phenoxy) is 1. The van der Waals surface area contributed by atoms with Crippen LogP contribution in [-0.4, -0.2) is 54.4 Å². The summed E-state index contributed by atoms with van der Waals surface area (Å²) in [6, 6.07) is 15.4. The van der Waals surface area contributed by atoms with Gasteiger partial charge in [-0.2, -0.15) is 0 Å². The summed E-state index contributed by atoms with van der Waals surface area (Å²) in [6.45, 7) is 2.08. The third-order valence-electron chi connectivity index (χ3n) is 4.63. The number of hydrogen-bond donors (Lipinski definition) is 0. The molecule has 0 saturated carbocycles. The molecule has 1 aliphatic rings. The zero-order chi connectivity index (χ0) is 19.1. The summed E-state index contributed by atoms with van der Waals surface area (Å²) in [5.74, 6) is 0.381. The number of amides is 2. The van der Waals surface area contributed by atoms with Crippen molar-refractivity contribution in [3.63, 3.8) is 0 Å². The van der Waals surface area contributed by atoms with Gasteiger partial charge in [-0.3, -0.25) is 9.59 Å². The van der Waals surface area contributed by atoms with E-state index in [0.29, 0.717) is 44.8 Å².